The maximum Gasteiger partial charge on any atom is 0.231 e. The van der Waals surface area contributed by atoms with Gasteiger partial charge in [0.15, 0.2) is 17.3 Å². The highest BCUT2D eigenvalue weighted by atomic mass is 35.5. The van der Waals surface area contributed by atoms with Gasteiger partial charge >= 0.3 is 0 Å². The van der Waals surface area contributed by atoms with Gasteiger partial charge in [0, 0.05) is 12.0 Å². The average Bonchev–Trinajstić information content (AvgIpc) is 2.98. The molecule has 0 amide bonds. The van der Waals surface area contributed by atoms with Crippen LogP contribution in [-0.2, 0) is 4.79 Å². The smallest absolute Gasteiger partial charge is 0.231 e. The Morgan fingerprint density at radius 1 is 1.27 bits per heavy atom. The molecular weight excluding hydrogens is 302 g/mol. The average molecular weight is 324 g/mol. The highest BCUT2D eigenvalue weighted by Gasteiger charge is 2.40. The van der Waals surface area contributed by atoms with Gasteiger partial charge in [0.1, 0.15) is 0 Å². The van der Waals surface area contributed by atoms with Crippen molar-refractivity contribution >= 4 is 24.3 Å². The largest absolute Gasteiger partial charge is 0.454 e. The highest BCUT2D eigenvalue weighted by molar-refractivity contribution is 6.05. The summed E-state index contributed by atoms with van der Waals surface area (Å²) >= 11 is 0. The van der Waals surface area contributed by atoms with E-state index < -0.39 is 0 Å². The second-order valence-corrected chi connectivity index (χ2v) is 6.41. The number of nitrogens with zero attached hydrogens (tertiary/aromatic N) is 1. The van der Waals surface area contributed by atoms with E-state index in [9.17, 15) is 4.79 Å². The molecule has 1 aromatic carbocycles. The van der Waals surface area contributed by atoms with Crippen LogP contribution in [-0.4, -0.2) is 38.1 Å². The van der Waals surface area contributed by atoms with Crippen LogP contribution in [0.25, 0.3) is 6.08 Å². The molecule has 0 aromatic heterocycles. The highest BCUT2D eigenvalue weighted by Crippen LogP contribution is 2.40. The lowest BCUT2D eigenvalue weighted by Gasteiger charge is -2.25. The Morgan fingerprint density at radius 3 is 2.73 bits per heavy atom. The first-order chi connectivity index (χ1) is 9.98. The van der Waals surface area contributed by atoms with Crippen LogP contribution in [0.2, 0.25) is 0 Å². The minimum atomic E-state index is -0.258. The first-order valence-corrected chi connectivity index (χ1v) is 7.28. The molecule has 0 N–H and O–H groups in total. The van der Waals surface area contributed by atoms with Crippen LogP contribution in [0.5, 0.6) is 11.5 Å². The number of benzene rings is 1. The molecule has 120 valence electrons. The van der Waals surface area contributed by atoms with Gasteiger partial charge in [-0.15, -0.1) is 12.4 Å². The second-order valence-electron chi connectivity index (χ2n) is 6.41. The number of allylic oxidation sites excluding steroid dienone is 1. The van der Waals surface area contributed by atoms with Crippen LogP contribution < -0.4 is 9.47 Å². The maximum atomic E-state index is 12.6. The fraction of sp³-hybridized carbons (Fsp3) is 0.471. The lowest BCUT2D eigenvalue weighted by Crippen LogP contribution is -2.34. The summed E-state index contributed by atoms with van der Waals surface area (Å²) in [5, 5.41) is 0. The van der Waals surface area contributed by atoms with E-state index in [1.54, 1.807) is 0 Å². The summed E-state index contributed by atoms with van der Waals surface area (Å²) in [4.78, 5) is 14.7. The fourth-order valence-corrected chi connectivity index (χ4v) is 3.22. The summed E-state index contributed by atoms with van der Waals surface area (Å²) in [7, 11) is 4.02. The molecule has 0 radical (unpaired) electrons. The van der Waals surface area contributed by atoms with E-state index in [4.69, 9.17) is 9.47 Å². The molecule has 1 aliphatic carbocycles. The Hall–Kier alpha value is -1.52. The Morgan fingerprint density at radius 2 is 2.00 bits per heavy atom. The molecule has 4 nitrogen and oxygen atoms in total. The number of ketones is 1. The molecule has 22 heavy (non-hydrogen) atoms. The number of fused-ring (bicyclic) bond motifs is 1. The number of carbonyl (C=O) groups is 1. The number of Topliss-reactive ketones (excluding diaryl/α,β-unsaturated/α-hetero) is 1. The van der Waals surface area contributed by atoms with Crippen LogP contribution >= 0.6 is 12.4 Å². The summed E-state index contributed by atoms with van der Waals surface area (Å²) in [6, 6.07) is 5.80. The fourth-order valence-electron chi connectivity index (χ4n) is 3.22. The lowest BCUT2D eigenvalue weighted by molar-refractivity contribution is -0.122. The normalized spacial score (nSPS) is 24.9. The van der Waals surface area contributed by atoms with E-state index in [0.29, 0.717) is 0 Å². The zero-order valence-corrected chi connectivity index (χ0v) is 14.0. The van der Waals surface area contributed by atoms with E-state index in [1.807, 2.05) is 38.4 Å². The zero-order chi connectivity index (χ0) is 15.0. The number of halogens is 1. The van der Waals surface area contributed by atoms with Crippen LogP contribution in [0.1, 0.15) is 25.3 Å². The van der Waals surface area contributed by atoms with Crippen molar-refractivity contribution in [2.24, 2.45) is 5.41 Å². The Bertz CT molecular complexity index is 612. The SMILES string of the molecule is CN(C)CC1(C)CC/C(=C\c2ccc3c(c2)OCO3)C1=O.Cl. The van der Waals surface area contributed by atoms with Gasteiger partial charge in [-0.2, -0.15) is 0 Å². The van der Waals surface area contributed by atoms with Crippen LogP contribution in [0.15, 0.2) is 23.8 Å². The van der Waals surface area contributed by atoms with Crippen molar-refractivity contribution in [3.63, 3.8) is 0 Å². The monoisotopic (exact) mass is 323 g/mol. The maximum absolute atomic E-state index is 12.6. The molecule has 1 saturated carbocycles. The molecule has 1 heterocycles. The van der Waals surface area contributed by atoms with Gasteiger partial charge in [-0.25, -0.2) is 0 Å². The van der Waals surface area contributed by atoms with E-state index in [-0.39, 0.29) is 30.4 Å². The van der Waals surface area contributed by atoms with Crippen molar-refractivity contribution in [1.82, 2.24) is 4.90 Å². The van der Waals surface area contributed by atoms with Gasteiger partial charge in [-0.05, 0) is 56.3 Å². The quantitative estimate of drug-likeness (QED) is 0.801. The summed E-state index contributed by atoms with van der Waals surface area (Å²) in [5.74, 6) is 1.80. The van der Waals surface area contributed by atoms with Crippen LogP contribution in [0.3, 0.4) is 0 Å². The molecule has 3 rings (SSSR count). The van der Waals surface area contributed by atoms with E-state index >= 15 is 0 Å². The molecule has 1 atom stereocenters. The number of hydrogen-bond donors (Lipinski definition) is 0. The lowest BCUT2D eigenvalue weighted by atomic mass is 9.86. The first kappa shape index (κ1) is 16.8. The second kappa shape index (κ2) is 6.31. The van der Waals surface area contributed by atoms with E-state index in [2.05, 4.69) is 11.8 Å². The standard InChI is InChI=1S/C17H21NO3.ClH/c1-17(10-18(2)3)7-6-13(16(17)19)8-12-4-5-14-15(9-12)21-11-20-14;/h4-5,8-9H,6-7,10-11H2,1-3H3;1H/b13-8+;. The van der Waals surface area contributed by atoms with Crippen molar-refractivity contribution in [3.05, 3.63) is 29.3 Å². The molecule has 5 heteroatoms. The molecule has 0 bridgehead atoms. The van der Waals surface area contributed by atoms with E-state index in [1.165, 1.54) is 0 Å². The molecule has 1 fully saturated rings. The van der Waals surface area contributed by atoms with Crippen molar-refractivity contribution < 1.29 is 14.3 Å². The molecule has 0 saturated heterocycles. The summed E-state index contributed by atoms with van der Waals surface area (Å²) < 4.78 is 10.7. The summed E-state index contributed by atoms with van der Waals surface area (Å²) in [6.45, 7) is 3.13. The molecule has 2 aliphatic rings. The Kier molecular flexibility index (Phi) is 4.83. The third-order valence-corrected chi connectivity index (χ3v) is 4.19. The van der Waals surface area contributed by atoms with Gasteiger partial charge in [0.25, 0.3) is 0 Å². The van der Waals surface area contributed by atoms with Gasteiger partial charge < -0.3 is 14.4 Å². The number of carbonyl (C=O) groups excluding carboxylic acids is 1. The summed E-state index contributed by atoms with van der Waals surface area (Å²) in [5.41, 5.74) is 1.65. The van der Waals surface area contributed by atoms with Gasteiger partial charge in [-0.1, -0.05) is 13.0 Å². The van der Waals surface area contributed by atoms with Gasteiger partial charge in [0.05, 0.1) is 0 Å². The zero-order valence-electron chi connectivity index (χ0n) is 13.2. The van der Waals surface area contributed by atoms with Crippen molar-refractivity contribution in [2.45, 2.75) is 19.8 Å². The van der Waals surface area contributed by atoms with E-state index in [0.717, 1.165) is 42.0 Å². The van der Waals surface area contributed by atoms with Crippen molar-refractivity contribution in [2.75, 3.05) is 27.4 Å². The molecule has 1 aromatic rings. The molecule has 1 unspecified atom stereocenters. The van der Waals surface area contributed by atoms with Crippen LogP contribution in [0, 0.1) is 5.41 Å². The number of hydrogen-bond acceptors (Lipinski definition) is 4. The minimum absolute atomic E-state index is 0. The predicted octanol–water partition coefficient (Wildman–Crippen LogP) is 3.15. The van der Waals surface area contributed by atoms with Crippen molar-refractivity contribution in [3.8, 4) is 11.5 Å². The molecule has 1 aliphatic heterocycles. The Balaban J connectivity index is 0.00000176. The third-order valence-electron chi connectivity index (χ3n) is 4.19. The van der Waals surface area contributed by atoms with Crippen molar-refractivity contribution in [1.29, 1.82) is 0 Å². The third kappa shape index (κ3) is 3.13. The molecule has 0 spiro atoms. The number of rotatable bonds is 3. The predicted molar refractivity (Wildman–Crippen MR) is 88.7 cm³/mol. The minimum Gasteiger partial charge on any atom is -0.454 e. The van der Waals surface area contributed by atoms with Gasteiger partial charge in [0.2, 0.25) is 6.79 Å². The van der Waals surface area contributed by atoms with Crippen LogP contribution in [0.4, 0.5) is 0 Å². The first-order valence-electron chi connectivity index (χ1n) is 7.28. The summed E-state index contributed by atoms with van der Waals surface area (Å²) in [6.07, 6.45) is 3.75. The molecular formula is C17H22ClNO3. The van der Waals surface area contributed by atoms with Gasteiger partial charge in [-0.3, -0.25) is 4.79 Å². The topological polar surface area (TPSA) is 38.8 Å². The number of ether oxygens (including phenoxy) is 2. The Labute approximate surface area is 137 Å².